The van der Waals surface area contributed by atoms with Crippen LogP contribution in [0.5, 0.6) is 0 Å². The monoisotopic (exact) mass is 373 g/mol. The van der Waals surface area contributed by atoms with E-state index in [9.17, 15) is 4.79 Å². The topological polar surface area (TPSA) is 65.8 Å². The normalized spacial score (nSPS) is 10.2. The number of anilines is 2. The van der Waals surface area contributed by atoms with Crippen molar-refractivity contribution in [2.75, 3.05) is 5.32 Å². The highest BCUT2D eigenvalue weighted by atomic mass is 35.5. The lowest BCUT2D eigenvalue weighted by Gasteiger charge is -2.02. The minimum Gasteiger partial charge on any atom is -0.331 e. The molecule has 3 rings (SSSR count). The van der Waals surface area contributed by atoms with Gasteiger partial charge in [-0.05, 0) is 36.4 Å². The van der Waals surface area contributed by atoms with Crippen molar-refractivity contribution in [3.05, 3.63) is 74.7 Å². The van der Waals surface area contributed by atoms with Crippen molar-refractivity contribution in [1.29, 1.82) is 5.26 Å². The predicted molar refractivity (Wildman–Crippen MR) is 96.4 cm³/mol. The van der Waals surface area contributed by atoms with Gasteiger partial charge in [-0.25, -0.2) is 4.98 Å². The Labute approximate surface area is 152 Å². The average Bonchev–Trinajstić information content (AvgIpc) is 3.03. The number of nitrogens with zero attached hydrogens (tertiary/aromatic N) is 2. The van der Waals surface area contributed by atoms with E-state index in [0.29, 0.717) is 31.2 Å². The van der Waals surface area contributed by atoms with Crippen LogP contribution in [0, 0.1) is 11.3 Å². The minimum atomic E-state index is -0.215. The van der Waals surface area contributed by atoms with Gasteiger partial charge in [-0.15, -0.1) is 0 Å². The van der Waals surface area contributed by atoms with Crippen molar-refractivity contribution in [3.8, 4) is 6.07 Å². The Hall–Kier alpha value is -2.39. The molecule has 0 radical (unpaired) electrons. The highest BCUT2D eigenvalue weighted by molar-refractivity contribution is 7.17. The van der Waals surface area contributed by atoms with Crippen molar-refractivity contribution in [2.45, 2.75) is 0 Å². The molecule has 3 aromatic rings. The van der Waals surface area contributed by atoms with Gasteiger partial charge in [-0.1, -0.05) is 40.6 Å². The quantitative estimate of drug-likeness (QED) is 0.630. The molecule has 0 fully saturated rings. The van der Waals surface area contributed by atoms with E-state index in [1.54, 1.807) is 30.3 Å². The third-order valence-electron chi connectivity index (χ3n) is 3.15. The molecule has 0 unspecified atom stereocenters. The lowest BCUT2D eigenvalue weighted by atomic mass is 10.1. The Bertz CT molecular complexity index is 962. The number of aromatic nitrogens is 1. The number of halogens is 2. The van der Waals surface area contributed by atoms with Gasteiger partial charge in [0.1, 0.15) is 0 Å². The van der Waals surface area contributed by atoms with Crippen LogP contribution in [0.3, 0.4) is 0 Å². The molecular weight excluding hydrogens is 365 g/mol. The van der Waals surface area contributed by atoms with E-state index < -0.39 is 0 Å². The van der Waals surface area contributed by atoms with Crippen LogP contribution in [0.1, 0.15) is 20.8 Å². The number of nitrogens with one attached hydrogen (secondary N) is 1. The Morgan fingerprint density at radius 2 is 2.04 bits per heavy atom. The van der Waals surface area contributed by atoms with Crippen molar-refractivity contribution in [2.24, 2.45) is 0 Å². The third kappa shape index (κ3) is 3.57. The zero-order valence-corrected chi connectivity index (χ0v) is 14.4. The minimum absolute atomic E-state index is 0.215. The summed E-state index contributed by atoms with van der Waals surface area (Å²) in [5.41, 5.74) is 1.65. The molecule has 0 amide bonds. The number of nitriles is 1. The number of carbonyl (C=O) groups is 1. The second-order valence-corrected chi connectivity index (χ2v) is 6.67. The summed E-state index contributed by atoms with van der Waals surface area (Å²) >= 11 is 13.1. The van der Waals surface area contributed by atoms with Crippen LogP contribution in [0.4, 0.5) is 10.8 Å². The van der Waals surface area contributed by atoms with Crippen LogP contribution in [0.25, 0.3) is 0 Å². The summed E-state index contributed by atoms with van der Waals surface area (Å²) in [5.74, 6) is -0.215. The Balaban J connectivity index is 1.82. The maximum Gasteiger partial charge on any atom is 0.206 e. The van der Waals surface area contributed by atoms with Crippen molar-refractivity contribution >= 4 is 51.1 Å². The molecule has 0 saturated carbocycles. The van der Waals surface area contributed by atoms with Crippen LogP contribution in [-0.2, 0) is 0 Å². The number of hydrogen-bond acceptors (Lipinski definition) is 5. The zero-order valence-electron chi connectivity index (χ0n) is 12.1. The molecule has 4 nitrogen and oxygen atoms in total. The van der Waals surface area contributed by atoms with E-state index in [1.165, 1.54) is 23.6 Å². The number of hydrogen-bond donors (Lipinski definition) is 1. The second kappa shape index (κ2) is 7.02. The molecule has 0 aliphatic heterocycles. The van der Waals surface area contributed by atoms with E-state index in [4.69, 9.17) is 28.5 Å². The van der Waals surface area contributed by atoms with Crippen molar-refractivity contribution in [1.82, 2.24) is 4.98 Å². The molecule has 1 aromatic heterocycles. The SMILES string of the molecule is N#Cc1cccc(Nc2ncc(C(=O)c3ccc(Cl)cc3Cl)s2)c1. The van der Waals surface area contributed by atoms with Gasteiger partial charge in [0.2, 0.25) is 5.78 Å². The summed E-state index contributed by atoms with van der Waals surface area (Å²) in [6.07, 6.45) is 1.49. The molecule has 1 N–H and O–H groups in total. The molecule has 1 heterocycles. The first-order chi connectivity index (χ1) is 11.6. The molecule has 0 bridgehead atoms. The molecular formula is C17H9Cl2N3OS. The lowest BCUT2D eigenvalue weighted by Crippen LogP contribution is -1.99. The number of carbonyl (C=O) groups excluding carboxylic acids is 1. The summed E-state index contributed by atoms with van der Waals surface area (Å²) in [5, 5.41) is 13.3. The fraction of sp³-hybridized carbons (Fsp3) is 0. The molecule has 0 saturated heterocycles. The number of ketones is 1. The lowest BCUT2D eigenvalue weighted by molar-refractivity contribution is 0.104. The summed E-state index contributed by atoms with van der Waals surface area (Å²) in [6.45, 7) is 0. The van der Waals surface area contributed by atoms with Gasteiger partial charge in [0.15, 0.2) is 5.13 Å². The molecule has 2 aromatic carbocycles. The van der Waals surface area contributed by atoms with Gasteiger partial charge in [0.25, 0.3) is 0 Å². The first-order valence-electron chi connectivity index (χ1n) is 6.79. The smallest absolute Gasteiger partial charge is 0.206 e. The molecule has 0 spiro atoms. The van der Waals surface area contributed by atoms with Crippen LogP contribution in [-0.4, -0.2) is 10.8 Å². The number of rotatable bonds is 4. The molecule has 0 atom stereocenters. The largest absolute Gasteiger partial charge is 0.331 e. The van der Waals surface area contributed by atoms with Crippen molar-refractivity contribution < 1.29 is 4.79 Å². The maximum absolute atomic E-state index is 12.5. The van der Waals surface area contributed by atoms with Gasteiger partial charge >= 0.3 is 0 Å². The van der Waals surface area contributed by atoms with E-state index in [1.807, 2.05) is 6.07 Å². The van der Waals surface area contributed by atoms with E-state index in [-0.39, 0.29) is 5.78 Å². The molecule has 7 heteroatoms. The zero-order chi connectivity index (χ0) is 17.1. The van der Waals surface area contributed by atoms with E-state index in [2.05, 4.69) is 16.4 Å². The van der Waals surface area contributed by atoms with Gasteiger partial charge in [0, 0.05) is 16.3 Å². The predicted octanol–water partition coefficient (Wildman–Crippen LogP) is 5.30. The van der Waals surface area contributed by atoms with Gasteiger partial charge in [0.05, 0.1) is 27.7 Å². The van der Waals surface area contributed by atoms with Crippen LogP contribution in [0.2, 0.25) is 10.0 Å². The van der Waals surface area contributed by atoms with Crippen molar-refractivity contribution in [3.63, 3.8) is 0 Å². The fourth-order valence-corrected chi connectivity index (χ4v) is 3.32. The summed E-state index contributed by atoms with van der Waals surface area (Å²) in [7, 11) is 0. The van der Waals surface area contributed by atoms with E-state index in [0.717, 1.165) is 5.69 Å². The second-order valence-electron chi connectivity index (χ2n) is 4.80. The molecule has 24 heavy (non-hydrogen) atoms. The maximum atomic E-state index is 12.5. The number of benzene rings is 2. The fourth-order valence-electron chi connectivity index (χ4n) is 2.03. The Morgan fingerprint density at radius 3 is 2.79 bits per heavy atom. The molecule has 0 aliphatic rings. The first kappa shape index (κ1) is 16.5. The first-order valence-corrected chi connectivity index (χ1v) is 8.37. The Morgan fingerprint density at radius 1 is 1.21 bits per heavy atom. The van der Waals surface area contributed by atoms with E-state index >= 15 is 0 Å². The summed E-state index contributed by atoms with van der Waals surface area (Å²) < 4.78 is 0. The van der Waals surface area contributed by atoms with Gasteiger partial charge in [-0.2, -0.15) is 5.26 Å². The average molecular weight is 374 g/mol. The van der Waals surface area contributed by atoms with Crippen LogP contribution >= 0.6 is 34.5 Å². The standard InChI is InChI=1S/C17H9Cl2N3OS/c18-11-4-5-13(14(19)7-11)16(23)15-9-21-17(24-15)22-12-3-1-2-10(6-12)8-20/h1-7,9H,(H,21,22). The molecule has 118 valence electrons. The third-order valence-corrected chi connectivity index (χ3v) is 4.61. The highest BCUT2D eigenvalue weighted by Crippen LogP contribution is 2.28. The van der Waals surface area contributed by atoms with Crippen LogP contribution in [0.15, 0.2) is 48.7 Å². The molecule has 0 aliphatic carbocycles. The van der Waals surface area contributed by atoms with Gasteiger partial charge < -0.3 is 5.32 Å². The highest BCUT2D eigenvalue weighted by Gasteiger charge is 2.16. The van der Waals surface area contributed by atoms with Crippen LogP contribution < -0.4 is 5.32 Å². The number of thiazole rings is 1. The van der Waals surface area contributed by atoms with Gasteiger partial charge in [-0.3, -0.25) is 4.79 Å². The summed E-state index contributed by atoms with van der Waals surface area (Å²) in [6, 6.07) is 13.8. The Kier molecular flexibility index (Phi) is 4.81. The summed E-state index contributed by atoms with van der Waals surface area (Å²) in [4.78, 5) is 17.2.